The van der Waals surface area contributed by atoms with E-state index in [-0.39, 0.29) is 11.7 Å². The topological polar surface area (TPSA) is 59.1 Å². The van der Waals surface area contributed by atoms with Crippen molar-refractivity contribution < 1.29 is 9.59 Å². The largest absolute Gasteiger partial charge is 0.297 e. The summed E-state index contributed by atoms with van der Waals surface area (Å²) in [5.74, 6) is -0.481. The first kappa shape index (κ1) is 20.6. The van der Waals surface area contributed by atoms with Crippen molar-refractivity contribution in [2.45, 2.75) is 0 Å². The molecule has 0 saturated heterocycles. The molecule has 2 aromatic heterocycles. The minimum atomic E-state index is -0.344. The molecule has 4 nitrogen and oxygen atoms in total. The van der Waals surface area contributed by atoms with Crippen LogP contribution in [0.25, 0.3) is 21.3 Å². The molecule has 0 spiro atoms. The van der Waals surface area contributed by atoms with Crippen LogP contribution in [0, 0.1) is 0 Å². The van der Waals surface area contributed by atoms with Crippen LogP contribution in [0.5, 0.6) is 0 Å². The van der Waals surface area contributed by atoms with Gasteiger partial charge in [0, 0.05) is 21.2 Å². The van der Waals surface area contributed by atoms with E-state index in [9.17, 15) is 9.59 Å². The number of anilines is 1. The van der Waals surface area contributed by atoms with Crippen LogP contribution < -0.4 is 5.32 Å². The number of nitrogens with one attached hydrogen (secondary N) is 1. The molecule has 0 aliphatic heterocycles. The van der Waals surface area contributed by atoms with E-state index in [0.717, 1.165) is 27.0 Å². The lowest BCUT2D eigenvalue weighted by atomic mass is 10.1. The highest BCUT2D eigenvalue weighted by Gasteiger charge is 2.23. The van der Waals surface area contributed by atoms with Gasteiger partial charge in [-0.15, -0.1) is 11.3 Å². The lowest BCUT2D eigenvalue weighted by Crippen LogP contribution is -2.10. The molecule has 5 aromatic rings. The Hall–Kier alpha value is -3.32. The number of thiazole rings is 1. The molecule has 3 aromatic carbocycles. The third-order valence-corrected chi connectivity index (χ3v) is 7.52. The highest BCUT2D eigenvalue weighted by Crippen LogP contribution is 2.37. The van der Waals surface area contributed by atoms with E-state index in [2.05, 4.69) is 10.3 Å². The van der Waals surface area contributed by atoms with Gasteiger partial charge in [0.15, 0.2) is 5.13 Å². The zero-order valence-electron chi connectivity index (χ0n) is 16.5. The Morgan fingerprint density at radius 2 is 1.44 bits per heavy atom. The van der Waals surface area contributed by atoms with Crippen molar-refractivity contribution in [1.82, 2.24) is 4.98 Å². The van der Waals surface area contributed by atoms with E-state index < -0.39 is 0 Å². The first-order valence-electron chi connectivity index (χ1n) is 9.76. The number of amides is 1. The summed E-state index contributed by atoms with van der Waals surface area (Å²) in [5, 5.41) is 4.45. The number of hydrogen-bond donors (Lipinski definition) is 1. The summed E-state index contributed by atoms with van der Waals surface area (Å²) in [6.07, 6.45) is 0. The number of fused-ring (bicyclic) bond motifs is 1. The molecule has 156 valence electrons. The van der Waals surface area contributed by atoms with Crippen molar-refractivity contribution >= 4 is 61.2 Å². The van der Waals surface area contributed by atoms with Gasteiger partial charge in [-0.25, -0.2) is 4.98 Å². The molecule has 1 amide bonds. The van der Waals surface area contributed by atoms with E-state index in [1.807, 2.05) is 72.8 Å². The zero-order chi connectivity index (χ0) is 22.1. The molecule has 0 radical (unpaired) electrons. The van der Waals surface area contributed by atoms with Crippen molar-refractivity contribution in [3.8, 4) is 11.3 Å². The SMILES string of the molecule is O=C(c1ccccc1)c1sc(NC(=O)c2sc3ccccc3c2Cl)nc1-c1ccccc1. The van der Waals surface area contributed by atoms with Crippen LogP contribution in [0.4, 0.5) is 5.13 Å². The van der Waals surface area contributed by atoms with Crippen LogP contribution >= 0.6 is 34.3 Å². The van der Waals surface area contributed by atoms with Crippen molar-refractivity contribution in [3.05, 3.63) is 105 Å². The normalized spacial score (nSPS) is 10.9. The molecule has 0 unspecified atom stereocenters. The standard InChI is InChI=1S/C25H15ClN2O2S2/c26-19-17-13-7-8-14-18(17)31-22(19)24(30)28-25-27-20(15-9-3-1-4-10-15)23(32-25)21(29)16-11-5-2-6-12-16/h1-14H,(H,27,28,30). The number of rotatable bonds is 5. The lowest BCUT2D eigenvalue weighted by Gasteiger charge is -2.02. The Balaban J connectivity index is 1.53. The highest BCUT2D eigenvalue weighted by molar-refractivity contribution is 7.22. The molecule has 1 N–H and O–H groups in total. The number of aromatic nitrogens is 1. The molecule has 0 aliphatic rings. The average molecular weight is 475 g/mol. The first-order chi connectivity index (χ1) is 15.6. The van der Waals surface area contributed by atoms with Crippen LogP contribution in [0.2, 0.25) is 5.02 Å². The van der Waals surface area contributed by atoms with Crippen LogP contribution in [0.3, 0.4) is 0 Å². The summed E-state index contributed by atoms with van der Waals surface area (Å²) >= 11 is 8.95. The minimum absolute atomic E-state index is 0.137. The van der Waals surface area contributed by atoms with Gasteiger partial charge in [-0.3, -0.25) is 14.9 Å². The second-order valence-electron chi connectivity index (χ2n) is 6.95. The number of halogens is 1. The second kappa shape index (κ2) is 8.67. The van der Waals surface area contributed by atoms with Crippen molar-refractivity contribution in [2.75, 3.05) is 5.32 Å². The predicted molar refractivity (Wildman–Crippen MR) is 132 cm³/mol. The molecular weight excluding hydrogens is 460 g/mol. The zero-order valence-corrected chi connectivity index (χ0v) is 18.9. The lowest BCUT2D eigenvalue weighted by molar-refractivity contribution is 0.102. The molecule has 32 heavy (non-hydrogen) atoms. The molecule has 0 saturated carbocycles. The fraction of sp³-hybridized carbons (Fsp3) is 0. The molecular formula is C25H15ClN2O2S2. The van der Waals surface area contributed by atoms with Gasteiger partial charge in [-0.2, -0.15) is 0 Å². The van der Waals surface area contributed by atoms with Gasteiger partial charge >= 0.3 is 0 Å². The van der Waals surface area contributed by atoms with Crippen molar-refractivity contribution in [3.63, 3.8) is 0 Å². The molecule has 0 bridgehead atoms. The fourth-order valence-corrected chi connectivity index (χ4v) is 5.71. The van der Waals surface area contributed by atoms with Crippen molar-refractivity contribution in [1.29, 1.82) is 0 Å². The summed E-state index contributed by atoms with van der Waals surface area (Å²) in [7, 11) is 0. The Morgan fingerprint density at radius 1 is 0.781 bits per heavy atom. The third-order valence-electron chi connectivity index (χ3n) is 4.88. The Morgan fingerprint density at radius 3 is 2.16 bits per heavy atom. The molecule has 0 aliphatic carbocycles. The Bertz CT molecular complexity index is 1440. The summed E-state index contributed by atoms with van der Waals surface area (Å²) in [5.41, 5.74) is 1.92. The van der Waals surface area contributed by atoms with Gasteiger partial charge in [-0.1, -0.05) is 102 Å². The molecule has 0 fully saturated rings. The Labute approximate surface area is 197 Å². The number of ketones is 1. The van der Waals surface area contributed by atoms with E-state index in [1.165, 1.54) is 11.3 Å². The summed E-state index contributed by atoms with van der Waals surface area (Å²) in [6.45, 7) is 0. The number of hydrogen-bond acceptors (Lipinski definition) is 5. The summed E-state index contributed by atoms with van der Waals surface area (Å²) in [4.78, 5) is 31.7. The summed E-state index contributed by atoms with van der Waals surface area (Å²) < 4.78 is 0.937. The van der Waals surface area contributed by atoms with Crippen molar-refractivity contribution in [2.24, 2.45) is 0 Å². The fourth-order valence-electron chi connectivity index (χ4n) is 3.35. The van der Waals surface area contributed by atoms with Gasteiger partial charge in [0.2, 0.25) is 5.78 Å². The second-order valence-corrected chi connectivity index (χ2v) is 9.38. The van der Waals surface area contributed by atoms with Gasteiger partial charge in [0.1, 0.15) is 9.75 Å². The predicted octanol–water partition coefficient (Wildman–Crippen LogP) is 7.16. The van der Waals surface area contributed by atoms with E-state index >= 15 is 0 Å². The highest BCUT2D eigenvalue weighted by atomic mass is 35.5. The van der Waals surface area contributed by atoms with Gasteiger partial charge < -0.3 is 0 Å². The maximum absolute atomic E-state index is 13.2. The van der Waals surface area contributed by atoms with Crippen LogP contribution in [0.15, 0.2) is 84.9 Å². The molecule has 5 rings (SSSR count). The Kier molecular flexibility index (Phi) is 5.57. The summed E-state index contributed by atoms with van der Waals surface area (Å²) in [6, 6.07) is 26.1. The van der Waals surface area contributed by atoms with Gasteiger partial charge in [-0.05, 0) is 6.07 Å². The molecule has 0 atom stereocenters. The van der Waals surface area contributed by atoms with E-state index in [0.29, 0.717) is 31.2 Å². The number of carbonyl (C=O) groups excluding carboxylic acids is 2. The van der Waals surface area contributed by atoms with E-state index in [1.54, 1.807) is 12.1 Å². The van der Waals surface area contributed by atoms with Gasteiger partial charge in [0.25, 0.3) is 5.91 Å². The first-order valence-corrected chi connectivity index (χ1v) is 11.8. The minimum Gasteiger partial charge on any atom is -0.297 e. The smallest absolute Gasteiger partial charge is 0.269 e. The number of benzene rings is 3. The molecule has 7 heteroatoms. The number of nitrogens with zero attached hydrogens (tertiary/aromatic N) is 1. The van der Waals surface area contributed by atoms with Crippen LogP contribution in [0.1, 0.15) is 24.9 Å². The average Bonchev–Trinajstić information content (AvgIpc) is 3.41. The third kappa shape index (κ3) is 3.84. The van der Waals surface area contributed by atoms with Gasteiger partial charge in [0.05, 0.1) is 10.7 Å². The maximum atomic E-state index is 13.2. The van der Waals surface area contributed by atoms with E-state index in [4.69, 9.17) is 11.6 Å². The monoisotopic (exact) mass is 474 g/mol. The van der Waals surface area contributed by atoms with Crippen LogP contribution in [-0.2, 0) is 0 Å². The quantitative estimate of drug-likeness (QED) is 0.275. The maximum Gasteiger partial charge on any atom is 0.269 e. The number of thiophene rings is 1. The molecule has 2 heterocycles. The number of carbonyl (C=O) groups is 2. The van der Waals surface area contributed by atoms with Crippen LogP contribution in [-0.4, -0.2) is 16.7 Å².